The quantitative estimate of drug-likeness (QED) is 0.284. The third-order valence-electron chi connectivity index (χ3n) is 6.79. The fourth-order valence-electron chi connectivity index (χ4n) is 5.10. The van der Waals surface area contributed by atoms with Crippen molar-refractivity contribution in [3.8, 4) is 5.69 Å². The van der Waals surface area contributed by atoms with Gasteiger partial charge in [0.25, 0.3) is 0 Å². The Balaban J connectivity index is 1.55. The number of aromatic nitrogens is 2. The molecule has 2 aromatic heterocycles. The van der Waals surface area contributed by atoms with E-state index in [4.69, 9.17) is 12.2 Å². The summed E-state index contributed by atoms with van der Waals surface area (Å²) in [6.45, 7) is 3.68. The number of anilines is 1. The Morgan fingerprint density at radius 1 is 1.03 bits per heavy atom. The zero-order chi connectivity index (χ0) is 27.7. The van der Waals surface area contributed by atoms with Crippen LogP contribution < -0.4 is 10.6 Å². The van der Waals surface area contributed by atoms with E-state index in [-0.39, 0.29) is 18.5 Å². The summed E-state index contributed by atoms with van der Waals surface area (Å²) in [6.07, 6.45) is -2.77. The summed E-state index contributed by atoms with van der Waals surface area (Å²) < 4.78 is 42.2. The van der Waals surface area contributed by atoms with Crippen molar-refractivity contribution in [2.75, 3.05) is 11.9 Å². The molecule has 5 rings (SSSR count). The van der Waals surface area contributed by atoms with E-state index in [1.54, 1.807) is 29.0 Å². The summed E-state index contributed by atoms with van der Waals surface area (Å²) in [5.74, 6) is -0.247. The van der Waals surface area contributed by atoms with E-state index in [0.29, 0.717) is 16.5 Å². The molecule has 0 spiro atoms. The lowest BCUT2D eigenvalue weighted by Crippen LogP contribution is -2.37. The van der Waals surface area contributed by atoms with Gasteiger partial charge in [-0.05, 0) is 80.2 Å². The SMILES string of the molecule is Cc1cc([C@@H]2[C@@H](c3ccccn3)NC(=S)N2CC(=O)Nc2ccccc2)c(C)n1-c1cccc(C(F)(F)F)c1. The smallest absolute Gasteiger partial charge is 0.352 e. The Hall–Kier alpha value is -4.18. The van der Waals surface area contributed by atoms with Crippen LogP contribution in [0.4, 0.5) is 18.9 Å². The van der Waals surface area contributed by atoms with Crippen LogP contribution in [-0.4, -0.2) is 32.0 Å². The first kappa shape index (κ1) is 26.4. The van der Waals surface area contributed by atoms with Crippen molar-refractivity contribution in [2.45, 2.75) is 32.1 Å². The number of rotatable bonds is 6. The highest BCUT2D eigenvalue weighted by Crippen LogP contribution is 2.41. The normalized spacial score (nSPS) is 17.3. The van der Waals surface area contributed by atoms with E-state index >= 15 is 0 Å². The molecule has 1 fully saturated rings. The van der Waals surface area contributed by atoms with Crippen molar-refractivity contribution >= 4 is 28.9 Å². The molecule has 39 heavy (non-hydrogen) atoms. The number of nitrogens with one attached hydrogen (secondary N) is 2. The Labute approximate surface area is 229 Å². The lowest BCUT2D eigenvalue weighted by atomic mass is 9.96. The number of aryl methyl sites for hydroxylation is 1. The Morgan fingerprint density at radius 2 is 1.77 bits per heavy atom. The van der Waals surface area contributed by atoms with Crippen LogP contribution >= 0.6 is 12.2 Å². The van der Waals surface area contributed by atoms with Crippen LogP contribution in [0.15, 0.2) is 85.1 Å². The third kappa shape index (κ3) is 5.37. The van der Waals surface area contributed by atoms with Crippen molar-refractivity contribution in [3.63, 3.8) is 0 Å². The molecule has 0 aliphatic carbocycles. The topological polar surface area (TPSA) is 62.2 Å². The second kappa shape index (κ2) is 10.5. The van der Waals surface area contributed by atoms with Crippen LogP contribution in [-0.2, 0) is 11.0 Å². The molecule has 0 saturated carbocycles. The first-order valence-corrected chi connectivity index (χ1v) is 12.7. The number of carbonyl (C=O) groups is 1. The molecule has 0 radical (unpaired) electrons. The summed E-state index contributed by atoms with van der Waals surface area (Å²) in [4.78, 5) is 19.4. The van der Waals surface area contributed by atoms with E-state index in [0.717, 1.165) is 34.8 Å². The molecular formula is C29H26F3N5OS. The van der Waals surface area contributed by atoms with Gasteiger partial charge in [-0.25, -0.2) is 0 Å². The minimum atomic E-state index is -4.46. The minimum absolute atomic E-state index is 0.0258. The number of carbonyl (C=O) groups excluding carboxylic acids is 1. The number of hydrogen-bond donors (Lipinski definition) is 2. The summed E-state index contributed by atoms with van der Waals surface area (Å²) in [7, 11) is 0. The van der Waals surface area contributed by atoms with Gasteiger partial charge >= 0.3 is 6.18 Å². The highest BCUT2D eigenvalue weighted by Gasteiger charge is 2.42. The average molecular weight is 550 g/mol. The largest absolute Gasteiger partial charge is 0.416 e. The van der Waals surface area contributed by atoms with Crippen molar-refractivity contribution in [3.05, 3.63) is 113 Å². The molecule has 6 nitrogen and oxygen atoms in total. The molecule has 10 heteroatoms. The molecule has 1 saturated heterocycles. The van der Waals surface area contributed by atoms with Crippen LogP contribution in [0.5, 0.6) is 0 Å². The highest BCUT2D eigenvalue weighted by atomic mass is 32.1. The Bertz CT molecular complexity index is 1500. The number of benzene rings is 2. The lowest BCUT2D eigenvalue weighted by molar-refractivity contribution is -0.137. The fraction of sp³-hybridized carbons (Fsp3) is 0.207. The molecule has 0 unspecified atom stereocenters. The fourth-order valence-corrected chi connectivity index (χ4v) is 5.40. The second-order valence-corrected chi connectivity index (χ2v) is 9.77. The first-order chi connectivity index (χ1) is 18.6. The van der Waals surface area contributed by atoms with Gasteiger partial charge in [0.05, 0.1) is 23.3 Å². The number of halogens is 3. The molecule has 0 bridgehead atoms. The van der Waals surface area contributed by atoms with Gasteiger partial charge in [0.15, 0.2) is 5.11 Å². The van der Waals surface area contributed by atoms with E-state index in [1.807, 2.05) is 61.2 Å². The van der Waals surface area contributed by atoms with Gasteiger partial charge < -0.3 is 20.1 Å². The molecule has 4 aromatic rings. The van der Waals surface area contributed by atoms with Crippen molar-refractivity contribution in [1.29, 1.82) is 0 Å². The summed E-state index contributed by atoms with van der Waals surface area (Å²) in [5, 5.41) is 6.61. The molecule has 1 amide bonds. The molecule has 2 atom stereocenters. The van der Waals surface area contributed by atoms with Gasteiger partial charge in [0.2, 0.25) is 5.91 Å². The summed E-state index contributed by atoms with van der Waals surface area (Å²) in [6, 6.07) is 21.1. The van der Waals surface area contributed by atoms with Gasteiger partial charge in [0, 0.05) is 29.0 Å². The maximum atomic E-state index is 13.5. The highest BCUT2D eigenvalue weighted by molar-refractivity contribution is 7.80. The van der Waals surface area contributed by atoms with Gasteiger partial charge in [-0.3, -0.25) is 9.78 Å². The molecule has 2 N–H and O–H groups in total. The standard InChI is InChI=1S/C29H26F3N5OS/c1-18-15-23(19(2)37(18)22-12-8-9-20(16-22)29(30,31)32)27-26(24-13-6-7-14-33-24)35-28(39)36(27)17-25(38)34-21-10-4-3-5-11-21/h3-16,26-27H,17H2,1-2H3,(H,34,38)(H,35,39)/t26-,27-/m1/s1. The number of amides is 1. The molecular weight excluding hydrogens is 523 g/mol. The van der Waals surface area contributed by atoms with E-state index in [2.05, 4.69) is 15.6 Å². The lowest BCUT2D eigenvalue weighted by Gasteiger charge is -2.27. The molecule has 2 aromatic carbocycles. The third-order valence-corrected chi connectivity index (χ3v) is 7.14. The average Bonchev–Trinajstić information content (AvgIpc) is 3.39. The Morgan fingerprint density at radius 3 is 2.46 bits per heavy atom. The van der Waals surface area contributed by atoms with Crippen LogP contribution in [0.25, 0.3) is 5.69 Å². The molecule has 1 aliphatic heterocycles. The molecule has 1 aliphatic rings. The number of nitrogens with zero attached hydrogens (tertiary/aromatic N) is 3. The van der Waals surface area contributed by atoms with Crippen molar-refractivity contribution in [2.24, 2.45) is 0 Å². The number of para-hydroxylation sites is 1. The van der Waals surface area contributed by atoms with E-state index < -0.39 is 17.8 Å². The van der Waals surface area contributed by atoms with E-state index in [1.165, 1.54) is 6.07 Å². The monoisotopic (exact) mass is 549 g/mol. The van der Waals surface area contributed by atoms with Gasteiger partial charge in [-0.2, -0.15) is 13.2 Å². The van der Waals surface area contributed by atoms with Crippen molar-refractivity contribution in [1.82, 2.24) is 19.8 Å². The number of thiocarbonyl (C=S) groups is 1. The van der Waals surface area contributed by atoms with Gasteiger partial charge in [-0.15, -0.1) is 0 Å². The summed E-state index contributed by atoms with van der Waals surface area (Å²) >= 11 is 5.69. The summed E-state index contributed by atoms with van der Waals surface area (Å²) in [5.41, 5.74) is 3.43. The van der Waals surface area contributed by atoms with E-state index in [9.17, 15) is 18.0 Å². The van der Waals surface area contributed by atoms with Gasteiger partial charge in [-0.1, -0.05) is 30.3 Å². The maximum absolute atomic E-state index is 13.5. The second-order valence-electron chi connectivity index (χ2n) is 9.38. The van der Waals surface area contributed by atoms with Gasteiger partial charge in [0.1, 0.15) is 6.54 Å². The number of pyridine rings is 1. The van der Waals surface area contributed by atoms with Crippen molar-refractivity contribution < 1.29 is 18.0 Å². The zero-order valence-corrected chi connectivity index (χ0v) is 22.1. The zero-order valence-electron chi connectivity index (χ0n) is 21.2. The molecule has 3 heterocycles. The predicted octanol–water partition coefficient (Wildman–Crippen LogP) is 6.12. The van der Waals surface area contributed by atoms with Crippen LogP contribution in [0.1, 0.15) is 40.3 Å². The molecule has 200 valence electrons. The predicted molar refractivity (Wildman–Crippen MR) is 147 cm³/mol. The maximum Gasteiger partial charge on any atom is 0.416 e. The van der Waals surface area contributed by atoms with Crippen LogP contribution in [0.3, 0.4) is 0 Å². The van der Waals surface area contributed by atoms with Crippen LogP contribution in [0.2, 0.25) is 0 Å². The first-order valence-electron chi connectivity index (χ1n) is 12.3. The number of hydrogen-bond acceptors (Lipinski definition) is 3. The number of alkyl halides is 3. The minimum Gasteiger partial charge on any atom is -0.352 e. The van der Waals surface area contributed by atoms with Crippen LogP contribution in [0, 0.1) is 13.8 Å². The Kier molecular flexibility index (Phi) is 7.14.